The highest BCUT2D eigenvalue weighted by Gasteiger charge is 2.55. The maximum Gasteiger partial charge on any atom is 0.337 e. The minimum atomic E-state index is -1.14. The lowest BCUT2D eigenvalue weighted by Gasteiger charge is -2.50. The van der Waals surface area contributed by atoms with Crippen LogP contribution in [0.25, 0.3) is 0 Å². The summed E-state index contributed by atoms with van der Waals surface area (Å²) in [4.78, 5) is 19.8. The summed E-state index contributed by atoms with van der Waals surface area (Å²) in [6, 6.07) is -0.0569. The minimum absolute atomic E-state index is 0.0284. The highest BCUT2D eigenvalue weighted by Crippen LogP contribution is 2.47. The molecule has 3 rings (SSSR count). The number of rotatable bonds is 5. The number of hydrogen-bond acceptors (Lipinski definition) is 7. The fraction of sp³-hybridized carbons (Fsp3) is 0.652. The van der Waals surface area contributed by atoms with Crippen molar-refractivity contribution >= 4 is 11.7 Å². The number of nitrogens with zero attached hydrogens (tertiary/aromatic N) is 2. The number of hydrogen-bond donors (Lipinski definition) is 1. The van der Waals surface area contributed by atoms with Gasteiger partial charge in [0.1, 0.15) is 11.4 Å². The second kappa shape index (κ2) is 8.94. The molecule has 2 fully saturated rings. The summed E-state index contributed by atoms with van der Waals surface area (Å²) >= 11 is 0. The smallest absolute Gasteiger partial charge is 0.337 e. The summed E-state index contributed by atoms with van der Waals surface area (Å²) in [5.74, 6) is 0.593. The van der Waals surface area contributed by atoms with Crippen LogP contribution in [0.5, 0.6) is 0 Å². The first-order valence-electron chi connectivity index (χ1n) is 10.6. The Labute approximate surface area is 179 Å². The van der Waals surface area contributed by atoms with Crippen LogP contribution in [-0.4, -0.2) is 67.7 Å². The van der Waals surface area contributed by atoms with Crippen LogP contribution < -0.4 is 0 Å². The SMILES string of the molecule is C/C=C1/N=C2[C@@H]3C[C@H](/C(=C\OC)C(=O)OC)[C@H](CC)CN3CC[C@]2(O)/C1=C(/C)OC. The summed E-state index contributed by atoms with van der Waals surface area (Å²) in [6.45, 7) is 7.55. The Morgan fingerprint density at radius 3 is 2.63 bits per heavy atom. The van der Waals surface area contributed by atoms with Gasteiger partial charge in [0.15, 0.2) is 0 Å². The van der Waals surface area contributed by atoms with Crippen LogP contribution in [0.15, 0.2) is 39.9 Å². The van der Waals surface area contributed by atoms with Crippen LogP contribution in [0, 0.1) is 11.8 Å². The Bertz CT molecular complexity index is 812. The van der Waals surface area contributed by atoms with Crippen molar-refractivity contribution in [2.45, 2.75) is 51.7 Å². The molecule has 3 heterocycles. The molecule has 0 spiro atoms. The summed E-state index contributed by atoms with van der Waals surface area (Å²) < 4.78 is 15.8. The lowest BCUT2D eigenvalue weighted by atomic mass is 9.70. The van der Waals surface area contributed by atoms with Crippen LogP contribution in [-0.2, 0) is 19.0 Å². The maximum atomic E-state index is 12.5. The van der Waals surface area contributed by atoms with Crippen molar-refractivity contribution in [3.63, 3.8) is 0 Å². The molecule has 0 aliphatic carbocycles. The zero-order chi connectivity index (χ0) is 22.1. The van der Waals surface area contributed by atoms with E-state index in [1.807, 2.05) is 19.9 Å². The Morgan fingerprint density at radius 1 is 1.33 bits per heavy atom. The largest absolute Gasteiger partial charge is 0.504 e. The van der Waals surface area contributed by atoms with Crippen molar-refractivity contribution in [1.29, 1.82) is 0 Å². The first-order chi connectivity index (χ1) is 14.4. The van der Waals surface area contributed by atoms with E-state index in [0.717, 1.165) is 36.5 Å². The minimum Gasteiger partial charge on any atom is -0.504 e. The Hall–Kier alpha value is -2.12. The highest BCUT2D eigenvalue weighted by molar-refractivity contribution is 6.05. The van der Waals surface area contributed by atoms with Crippen LogP contribution >= 0.6 is 0 Å². The summed E-state index contributed by atoms with van der Waals surface area (Å²) in [5, 5.41) is 11.8. The van der Waals surface area contributed by atoms with Gasteiger partial charge >= 0.3 is 5.97 Å². The first kappa shape index (κ1) is 22.6. The van der Waals surface area contributed by atoms with E-state index in [0.29, 0.717) is 30.1 Å². The Morgan fingerprint density at radius 2 is 2.07 bits per heavy atom. The molecule has 0 aromatic heterocycles. The van der Waals surface area contributed by atoms with E-state index in [-0.39, 0.29) is 17.9 Å². The molecule has 2 saturated heterocycles. The van der Waals surface area contributed by atoms with Crippen LogP contribution in [0.4, 0.5) is 0 Å². The van der Waals surface area contributed by atoms with Gasteiger partial charge in [-0.25, -0.2) is 4.79 Å². The van der Waals surface area contributed by atoms with E-state index in [2.05, 4.69) is 11.8 Å². The molecule has 0 unspecified atom stereocenters. The van der Waals surface area contributed by atoms with Gasteiger partial charge in [0.05, 0.1) is 56.2 Å². The molecule has 0 saturated carbocycles. The van der Waals surface area contributed by atoms with Gasteiger partial charge in [0, 0.05) is 13.1 Å². The number of aliphatic hydroxyl groups is 1. The van der Waals surface area contributed by atoms with Crippen LogP contribution in [0.1, 0.15) is 40.0 Å². The number of carbonyl (C=O) groups is 1. The zero-order valence-corrected chi connectivity index (χ0v) is 18.9. The summed E-state index contributed by atoms with van der Waals surface area (Å²) in [5.41, 5.74) is 1.70. The third-order valence-corrected chi connectivity index (χ3v) is 6.89. The van der Waals surface area contributed by atoms with Crippen molar-refractivity contribution in [1.82, 2.24) is 4.90 Å². The van der Waals surface area contributed by atoms with Gasteiger partial charge in [-0.3, -0.25) is 9.89 Å². The molecule has 0 aromatic rings. The van der Waals surface area contributed by atoms with Gasteiger partial charge in [0.25, 0.3) is 0 Å². The number of esters is 1. The van der Waals surface area contributed by atoms with Crippen molar-refractivity contribution in [3.05, 3.63) is 34.9 Å². The molecule has 4 atom stereocenters. The number of allylic oxidation sites excluding steroid dienone is 2. The third kappa shape index (κ3) is 3.58. The number of carbonyl (C=O) groups excluding carboxylic acids is 1. The monoisotopic (exact) mass is 418 g/mol. The lowest BCUT2D eigenvalue weighted by molar-refractivity contribution is -0.137. The van der Waals surface area contributed by atoms with Crippen molar-refractivity contribution in [2.75, 3.05) is 34.4 Å². The van der Waals surface area contributed by atoms with E-state index >= 15 is 0 Å². The molecule has 7 nitrogen and oxygen atoms in total. The van der Waals surface area contributed by atoms with Crippen molar-refractivity contribution in [2.24, 2.45) is 16.8 Å². The van der Waals surface area contributed by atoms with Crippen LogP contribution in [0.2, 0.25) is 0 Å². The Kier molecular flexibility index (Phi) is 6.72. The first-order valence-corrected chi connectivity index (χ1v) is 10.6. The quantitative estimate of drug-likeness (QED) is 0.420. The van der Waals surface area contributed by atoms with Crippen molar-refractivity contribution < 1.29 is 24.1 Å². The number of ether oxygens (including phenoxy) is 3. The predicted octanol–water partition coefficient (Wildman–Crippen LogP) is 2.82. The van der Waals surface area contributed by atoms with Crippen molar-refractivity contribution in [3.8, 4) is 0 Å². The fourth-order valence-corrected chi connectivity index (χ4v) is 5.30. The highest BCUT2D eigenvalue weighted by atomic mass is 16.5. The predicted molar refractivity (Wildman–Crippen MR) is 115 cm³/mol. The van der Waals surface area contributed by atoms with E-state index in [9.17, 15) is 9.90 Å². The molecular weight excluding hydrogens is 384 g/mol. The van der Waals surface area contributed by atoms with Gasteiger partial charge in [0.2, 0.25) is 0 Å². The average Bonchev–Trinajstić information content (AvgIpc) is 3.08. The number of methoxy groups -OCH3 is 3. The molecule has 3 aliphatic heterocycles. The maximum absolute atomic E-state index is 12.5. The Balaban J connectivity index is 2.03. The van der Waals surface area contributed by atoms with Crippen LogP contribution in [0.3, 0.4) is 0 Å². The molecule has 0 amide bonds. The van der Waals surface area contributed by atoms with Gasteiger partial charge in [-0.1, -0.05) is 19.4 Å². The molecule has 166 valence electrons. The molecule has 0 radical (unpaired) electrons. The number of aliphatic imine (C=N–C) groups is 1. The molecule has 1 N–H and O–H groups in total. The molecule has 0 aromatic carbocycles. The summed E-state index contributed by atoms with van der Waals surface area (Å²) in [7, 11) is 4.56. The lowest BCUT2D eigenvalue weighted by Crippen LogP contribution is -2.62. The van der Waals surface area contributed by atoms with E-state index in [4.69, 9.17) is 19.2 Å². The topological polar surface area (TPSA) is 80.6 Å². The van der Waals surface area contributed by atoms with Gasteiger partial charge in [-0.15, -0.1) is 0 Å². The molecular formula is C23H34N2O5. The molecule has 3 aliphatic rings. The molecule has 7 heteroatoms. The molecule has 30 heavy (non-hydrogen) atoms. The van der Waals surface area contributed by atoms with E-state index < -0.39 is 5.60 Å². The summed E-state index contributed by atoms with van der Waals surface area (Å²) in [6.07, 6.45) is 5.63. The zero-order valence-electron chi connectivity index (χ0n) is 18.9. The van der Waals surface area contributed by atoms with E-state index in [1.54, 1.807) is 14.2 Å². The standard InChI is InChI=1S/C23H34N2O5/c1-7-15-12-25-10-9-23(27)20(14(3)29-5)18(8-2)24-21(23)19(25)11-16(15)17(13-28-4)22(26)30-6/h8,13,15-16,19,27H,7,9-12H2,1-6H3/b17-13+,18-8+,20-14-/t15-,16+,19+,23+/m1/s1. The second-order valence-corrected chi connectivity index (χ2v) is 8.24. The van der Waals surface area contributed by atoms with E-state index in [1.165, 1.54) is 13.4 Å². The third-order valence-electron chi connectivity index (χ3n) is 6.89. The van der Waals surface area contributed by atoms with Gasteiger partial charge in [-0.05, 0) is 38.5 Å². The average molecular weight is 419 g/mol. The van der Waals surface area contributed by atoms with Gasteiger partial charge in [-0.2, -0.15) is 0 Å². The number of piperidine rings is 2. The van der Waals surface area contributed by atoms with Gasteiger partial charge < -0.3 is 19.3 Å². The normalized spacial score (nSPS) is 34.8. The molecule has 0 bridgehead atoms. The fourth-order valence-electron chi connectivity index (χ4n) is 5.30. The number of fused-ring (bicyclic) bond motifs is 3. The second-order valence-electron chi connectivity index (χ2n) is 8.24.